The molecule has 0 bridgehead atoms. The Morgan fingerprint density at radius 1 is 1.08 bits per heavy atom. The molecular formula is C27H39FN4O4. The first kappa shape index (κ1) is 26.4. The smallest absolute Gasteiger partial charge is 0.306 e. The van der Waals surface area contributed by atoms with Crippen LogP contribution in [0.4, 0.5) is 15.8 Å². The molecule has 1 aromatic carbocycles. The average Bonchev–Trinajstić information content (AvgIpc) is 2.80. The molecule has 3 aliphatic heterocycles. The number of esters is 1. The Morgan fingerprint density at radius 3 is 2.39 bits per heavy atom. The van der Waals surface area contributed by atoms with Gasteiger partial charge in [0.05, 0.1) is 5.69 Å². The molecule has 198 valence electrons. The molecule has 36 heavy (non-hydrogen) atoms. The number of anilines is 2. The fraction of sp³-hybridized carbons (Fsp3) is 0.667. The van der Waals surface area contributed by atoms with E-state index in [0.29, 0.717) is 36.2 Å². The molecule has 1 aromatic rings. The number of carbonyl (C=O) groups is 3. The molecule has 1 unspecified atom stereocenters. The highest BCUT2D eigenvalue weighted by molar-refractivity contribution is 6.01. The molecule has 0 aromatic heterocycles. The summed E-state index contributed by atoms with van der Waals surface area (Å²) >= 11 is 0. The number of imide groups is 1. The lowest BCUT2D eigenvalue weighted by molar-refractivity contribution is -0.156. The van der Waals surface area contributed by atoms with Crippen molar-refractivity contribution in [2.24, 2.45) is 5.92 Å². The standard InChI is InChI=1S/C27H39FN4O4/c1-27(2,3)36-25(34)16-18-8-12-31(13-9-18)20-10-14-32(15-11-20)23-6-4-19(17-21(23)28)29-22-5-7-24(33)30-26(22)35/h4,6,17-18,20,22,29H,5,7-16H2,1-3H3,(H,30,33,35). The quantitative estimate of drug-likeness (QED) is 0.455. The van der Waals surface area contributed by atoms with Crippen molar-refractivity contribution in [1.29, 1.82) is 0 Å². The number of likely N-dealkylation sites (tertiary alicyclic amines) is 1. The van der Waals surface area contributed by atoms with Crippen LogP contribution in [0.5, 0.6) is 0 Å². The summed E-state index contributed by atoms with van der Waals surface area (Å²) in [5.74, 6) is -0.666. The van der Waals surface area contributed by atoms with Crippen LogP contribution in [0, 0.1) is 11.7 Å². The monoisotopic (exact) mass is 502 g/mol. The second kappa shape index (κ2) is 11.2. The van der Waals surface area contributed by atoms with E-state index in [1.54, 1.807) is 12.1 Å². The molecule has 9 heteroatoms. The second-order valence-corrected chi connectivity index (χ2v) is 11.3. The molecule has 2 amide bonds. The topological polar surface area (TPSA) is 91.0 Å². The SMILES string of the molecule is CC(C)(C)OC(=O)CC1CCN(C2CCN(c3ccc(NC4CCC(=O)NC4=O)cc3F)CC2)CC1. The minimum absolute atomic E-state index is 0.102. The third-order valence-electron chi connectivity index (χ3n) is 7.37. The number of piperidine rings is 3. The second-order valence-electron chi connectivity index (χ2n) is 11.3. The summed E-state index contributed by atoms with van der Waals surface area (Å²) in [6.07, 6.45) is 5.15. The van der Waals surface area contributed by atoms with Gasteiger partial charge >= 0.3 is 5.97 Å². The number of nitrogens with zero attached hydrogens (tertiary/aromatic N) is 2. The summed E-state index contributed by atoms with van der Waals surface area (Å²) < 4.78 is 20.4. The van der Waals surface area contributed by atoms with Gasteiger partial charge < -0.3 is 19.9 Å². The van der Waals surface area contributed by atoms with Crippen molar-refractivity contribution in [3.8, 4) is 0 Å². The fourth-order valence-electron chi connectivity index (χ4n) is 5.50. The Balaban J connectivity index is 1.23. The third-order valence-corrected chi connectivity index (χ3v) is 7.37. The first-order chi connectivity index (χ1) is 17.1. The number of benzene rings is 1. The lowest BCUT2D eigenvalue weighted by atomic mass is 9.91. The zero-order valence-corrected chi connectivity index (χ0v) is 21.6. The summed E-state index contributed by atoms with van der Waals surface area (Å²) in [7, 11) is 0. The fourth-order valence-corrected chi connectivity index (χ4v) is 5.50. The van der Waals surface area contributed by atoms with E-state index in [1.165, 1.54) is 6.07 Å². The summed E-state index contributed by atoms with van der Waals surface area (Å²) in [4.78, 5) is 40.1. The zero-order chi connectivity index (χ0) is 25.9. The van der Waals surface area contributed by atoms with Crippen LogP contribution in [0.1, 0.15) is 65.7 Å². The summed E-state index contributed by atoms with van der Waals surface area (Å²) in [6, 6.07) is 4.95. The lowest BCUT2D eigenvalue weighted by Crippen LogP contribution is -2.48. The molecule has 0 spiro atoms. The van der Waals surface area contributed by atoms with Gasteiger partial charge in [0.15, 0.2) is 0 Å². The molecule has 0 aliphatic carbocycles. The number of ether oxygens (including phenoxy) is 1. The van der Waals surface area contributed by atoms with Crippen LogP contribution in [0.25, 0.3) is 0 Å². The predicted octanol–water partition coefficient (Wildman–Crippen LogP) is 3.46. The molecule has 1 atom stereocenters. The minimum Gasteiger partial charge on any atom is -0.460 e. The number of hydrogen-bond donors (Lipinski definition) is 2. The van der Waals surface area contributed by atoms with Gasteiger partial charge in [-0.2, -0.15) is 0 Å². The van der Waals surface area contributed by atoms with Crippen LogP contribution in [0.2, 0.25) is 0 Å². The Hall–Kier alpha value is -2.68. The van der Waals surface area contributed by atoms with E-state index in [1.807, 2.05) is 20.8 Å². The lowest BCUT2D eigenvalue weighted by Gasteiger charge is -2.42. The van der Waals surface area contributed by atoms with Crippen molar-refractivity contribution >= 4 is 29.2 Å². The molecule has 3 aliphatic rings. The van der Waals surface area contributed by atoms with Gasteiger partial charge in [-0.3, -0.25) is 19.7 Å². The molecule has 4 rings (SSSR count). The highest BCUT2D eigenvalue weighted by atomic mass is 19.1. The first-order valence-electron chi connectivity index (χ1n) is 13.2. The van der Waals surface area contributed by atoms with Crippen LogP contribution in [-0.4, -0.2) is 66.5 Å². The van der Waals surface area contributed by atoms with E-state index in [2.05, 4.69) is 20.4 Å². The van der Waals surface area contributed by atoms with E-state index in [9.17, 15) is 18.8 Å². The summed E-state index contributed by atoms with van der Waals surface area (Å²) in [5.41, 5.74) is 0.684. The molecule has 8 nitrogen and oxygen atoms in total. The average molecular weight is 503 g/mol. The number of halogens is 1. The number of rotatable bonds is 6. The molecule has 2 N–H and O–H groups in total. The predicted molar refractivity (Wildman–Crippen MR) is 136 cm³/mol. The van der Waals surface area contributed by atoms with Gasteiger partial charge in [-0.1, -0.05) is 0 Å². The maximum Gasteiger partial charge on any atom is 0.306 e. The Kier molecular flexibility index (Phi) is 8.17. The van der Waals surface area contributed by atoms with Crippen molar-refractivity contribution in [3.63, 3.8) is 0 Å². The van der Waals surface area contributed by atoms with Crippen molar-refractivity contribution < 1.29 is 23.5 Å². The number of nitrogens with one attached hydrogen (secondary N) is 2. The number of amides is 2. The Morgan fingerprint density at radius 2 is 1.78 bits per heavy atom. The third kappa shape index (κ3) is 6.96. The maximum atomic E-state index is 15.0. The van der Waals surface area contributed by atoms with Crippen molar-refractivity contribution in [2.75, 3.05) is 36.4 Å². The number of carbonyl (C=O) groups excluding carboxylic acids is 3. The van der Waals surface area contributed by atoms with E-state index in [0.717, 1.165) is 51.9 Å². The van der Waals surface area contributed by atoms with E-state index in [4.69, 9.17) is 4.74 Å². The van der Waals surface area contributed by atoms with Gasteiger partial charge in [-0.05, 0) is 90.1 Å². The van der Waals surface area contributed by atoms with Crippen LogP contribution < -0.4 is 15.5 Å². The first-order valence-corrected chi connectivity index (χ1v) is 13.2. The Labute approximate surface area is 212 Å². The van der Waals surface area contributed by atoms with Gasteiger partial charge in [0.2, 0.25) is 11.8 Å². The van der Waals surface area contributed by atoms with Gasteiger partial charge in [-0.25, -0.2) is 4.39 Å². The molecule has 0 radical (unpaired) electrons. The highest BCUT2D eigenvalue weighted by Gasteiger charge is 2.31. The van der Waals surface area contributed by atoms with Crippen molar-refractivity contribution in [1.82, 2.24) is 10.2 Å². The molecular weight excluding hydrogens is 463 g/mol. The van der Waals surface area contributed by atoms with E-state index in [-0.39, 0.29) is 30.0 Å². The van der Waals surface area contributed by atoms with Crippen LogP contribution in [-0.2, 0) is 19.1 Å². The van der Waals surface area contributed by atoms with Gasteiger partial charge in [0.25, 0.3) is 0 Å². The van der Waals surface area contributed by atoms with Gasteiger partial charge in [-0.15, -0.1) is 0 Å². The summed E-state index contributed by atoms with van der Waals surface area (Å²) in [6.45, 7) is 9.27. The number of hydrogen-bond acceptors (Lipinski definition) is 7. The molecule has 3 heterocycles. The van der Waals surface area contributed by atoms with Gasteiger partial charge in [0.1, 0.15) is 17.5 Å². The van der Waals surface area contributed by atoms with E-state index < -0.39 is 11.6 Å². The Bertz CT molecular complexity index is 963. The van der Waals surface area contributed by atoms with Crippen LogP contribution in [0.3, 0.4) is 0 Å². The van der Waals surface area contributed by atoms with E-state index >= 15 is 0 Å². The minimum atomic E-state index is -0.531. The van der Waals surface area contributed by atoms with Gasteiger partial charge in [0, 0.05) is 37.7 Å². The molecule has 3 saturated heterocycles. The largest absolute Gasteiger partial charge is 0.460 e. The van der Waals surface area contributed by atoms with Crippen LogP contribution in [0.15, 0.2) is 18.2 Å². The molecule has 0 saturated carbocycles. The highest BCUT2D eigenvalue weighted by Crippen LogP contribution is 2.30. The zero-order valence-electron chi connectivity index (χ0n) is 21.6. The normalized spacial score (nSPS) is 22.9. The maximum absolute atomic E-state index is 15.0. The summed E-state index contributed by atoms with van der Waals surface area (Å²) in [5, 5.41) is 5.35. The van der Waals surface area contributed by atoms with Crippen molar-refractivity contribution in [2.45, 2.75) is 83.4 Å². The van der Waals surface area contributed by atoms with Crippen LogP contribution >= 0.6 is 0 Å². The molecule has 3 fully saturated rings. The van der Waals surface area contributed by atoms with Crippen molar-refractivity contribution in [3.05, 3.63) is 24.0 Å².